The number of fused-ring (bicyclic) bond motifs is 4. The summed E-state index contributed by atoms with van der Waals surface area (Å²) in [6.07, 6.45) is 0. The van der Waals surface area contributed by atoms with Gasteiger partial charge in [0.1, 0.15) is 17.4 Å². The number of hydrogen-bond acceptors (Lipinski definition) is 4. The normalized spacial score (nSPS) is 24.9. The zero-order valence-electron chi connectivity index (χ0n) is 16.6. The molecular formula is C21H22ClN3O3S. The van der Waals surface area contributed by atoms with E-state index >= 15 is 0 Å². The van der Waals surface area contributed by atoms with Crippen molar-refractivity contribution in [3.05, 3.63) is 53.1 Å². The Balaban J connectivity index is 1.90. The molecule has 2 bridgehead atoms. The van der Waals surface area contributed by atoms with Gasteiger partial charge >= 0.3 is 0 Å². The molecule has 1 fully saturated rings. The fourth-order valence-corrected chi connectivity index (χ4v) is 4.66. The number of carbonyl (C=O) groups is 1. The topological polar surface area (TPSA) is 54.0 Å². The van der Waals surface area contributed by atoms with Gasteiger partial charge in [0.25, 0.3) is 0 Å². The molecule has 2 aromatic rings. The van der Waals surface area contributed by atoms with Crippen LogP contribution in [0, 0.1) is 5.92 Å². The lowest BCUT2D eigenvalue weighted by molar-refractivity contribution is -0.144. The number of amides is 1. The second-order valence-electron chi connectivity index (χ2n) is 7.51. The first-order valence-corrected chi connectivity index (χ1v) is 9.99. The molecule has 1 amide bonds. The zero-order valence-corrected chi connectivity index (χ0v) is 18.2. The van der Waals surface area contributed by atoms with Crippen molar-refractivity contribution < 1.29 is 14.3 Å². The molecule has 29 heavy (non-hydrogen) atoms. The van der Waals surface area contributed by atoms with Crippen molar-refractivity contribution in [2.45, 2.75) is 18.7 Å². The van der Waals surface area contributed by atoms with Crippen LogP contribution in [-0.4, -0.2) is 42.8 Å². The lowest BCUT2D eigenvalue weighted by Gasteiger charge is -2.56. The lowest BCUT2D eigenvalue weighted by atomic mass is 9.78. The average Bonchev–Trinajstić information content (AvgIpc) is 2.68. The lowest BCUT2D eigenvalue weighted by Crippen LogP contribution is -2.72. The van der Waals surface area contributed by atoms with Crippen molar-refractivity contribution in [1.29, 1.82) is 0 Å². The summed E-state index contributed by atoms with van der Waals surface area (Å²) in [7, 11) is 5.10. The van der Waals surface area contributed by atoms with Crippen molar-refractivity contribution in [3.63, 3.8) is 0 Å². The highest BCUT2D eigenvalue weighted by Gasteiger charge is 2.59. The smallest absolute Gasteiger partial charge is 0.233 e. The molecule has 2 heterocycles. The summed E-state index contributed by atoms with van der Waals surface area (Å²) in [4.78, 5) is 16.7. The maximum atomic E-state index is 13.3. The minimum absolute atomic E-state index is 0.0556. The largest absolute Gasteiger partial charge is 0.497 e. The van der Waals surface area contributed by atoms with Crippen LogP contribution in [0.5, 0.6) is 11.5 Å². The number of nitrogens with one attached hydrogen (secondary N) is 1. The van der Waals surface area contributed by atoms with E-state index < -0.39 is 11.6 Å². The summed E-state index contributed by atoms with van der Waals surface area (Å²) < 4.78 is 11.9. The molecule has 2 aromatic carbocycles. The van der Waals surface area contributed by atoms with Gasteiger partial charge < -0.3 is 19.7 Å². The zero-order chi connectivity index (χ0) is 20.9. The highest BCUT2D eigenvalue weighted by Crippen LogP contribution is 2.50. The van der Waals surface area contributed by atoms with Gasteiger partial charge in [0.05, 0.1) is 13.2 Å². The third kappa shape index (κ3) is 3.09. The van der Waals surface area contributed by atoms with Crippen LogP contribution in [-0.2, 0) is 4.79 Å². The standard InChI is InChI=1S/C21H22ClN3O3S/c1-21-17(19(26)24(2)3)18(15-11-14(27-4)9-10-16(15)28-21)23-20(29)25(21)13-7-5-12(22)6-8-13/h5-11,17-18H,1-4H3,(H,23,29)/t17-,18+,21-/m0/s1. The number of methoxy groups -OCH3 is 1. The molecule has 1 saturated heterocycles. The number of rotatable bonds is 3. The van der Waals surface area contributed by atoms with E-state index in [9.17, 15) is 4.79 Å². The summed E-state index contributed by atoms with van der Waals surface area (Å²) in [6.45, 7) is 1.90. The number of thiocarbonyl (C=S) groups is 1. The second-order valence-corrected chi connectivity index (χ2v) is 8.33. The molecule has 8 heteroatoms. The Morgan fingerprint density at radius 3 is 2.59 bits per heavy atom. The number of ether oxygens (including phenoxy) is 2. The summed E-state index contributed by atoms with van der Waals surface area (Å²) in [6, 6.07) is 12.6. The molecule has 0 radical (unpaired) electrons. The Morgan fingerprint density at radius 2 is 1.97 bits per heavy atom. The van der Waals surface area contributed by atoms with E-state index in [4.69, 9.17) is 33.3 Å². The van der Waals surface area contributed by atoms with Crippen molar-refractivity contribution >= 4 is 40.5 Å². The third-order valence-electron chi connectivity index (χ3n) is 5.50. The van der Waals surface area contributed by atoms with Gasteiger partial charge in [0.15, 0.2) is 10.8 Å². The summed E-state index contributed by atoms with van der Waals surface area (Å²) >= 11 is 11.8. The van der Waals surface area contributed by atoms with Gasteiger partial charge in [-0.2, -0.15) is 0 Å². The van der Waals surface area contributed by atoms with Crippen LogP contribution in [0.4, 0.5) is 5.69 Å². The van der Waals surface area contributed by atoms with Gasteiger partial charge in [0.2, 0.25) is 5.91 Å². The van der Waals surface area contributed by atoms with E-state index in [0.717, 1.165) is 11.3 Å². The number of halogens is 1. The molecule has 0 aromatic heterocycles. The predicted octanol–water partition coefficient (Wildman–Crippen LogP) is 3.60. The second kappa shape index (κ2) is 7.07. The molecule has 2 aliphatic heterocycles. The van der Waals surface area contributed by atoms with Crippen molar-refractivity contribution in [2.24, 2.45) is 5.92 Å². The number of anilines is 1. The van der Waals surface area contributed by atoms with E-state index in [1.807, 2.05) is 42.2 Å². The Bertz CT molecular complexity index is 982. The Hall–Kier alpha value is -2.51. The van der Waals surface area contributed by atoms with E-state index in [1.54, 1.807) is 38.2 Å². The van der Waals surface area contributed by atoms with Gasteiger partial charge in [-0.25, -0.2) is 0 Å². The van der Waals surface area contributed by atoms with Crippen molar-refractivity contribution in [1.82, 2.24) is 10.2 Å². The molecule has 1 N–H and O–H groups in total. The minimum Gasteiger partial charge on any atom is -0.497 e. The summed E-state index contributed by atoms with van der Waals surface area (Å²) in [5.74, 6) is 0.786. The number of hydrogen-bond donors (Lipinski definition) is 1. The van der Waals surface area contributed by atoms with Crippen molar-refractivity contribution in [2.75, 3.05) is 26.1 Å². The Morgan fingerprint density at radius 1 is 1.28 bits per heavy atom. The fourth-order valence-electron chi connectivity index (χ4n) is 4.12. The molecule has 0 aliphatic carbocycles. The first-order chi connectivity index (χ1) is 13.8. The molecule has 0 spiro atoms. The van der Waals surface area contributed by atoms with Gasteiger partial charge in [-0.1, -0.05) is 11.6 Å². The molecule has 3 atom stereocenters. The Kier molecular flexibility index (Phi) is 4.83. The van der Waals surface area contributed by atoms with Crippen LogP contribution in [0.3, 0.4) is 0 Å². The van der Waals surface area contributed by atoms with Gasteiger partial charge in [-0.3, -0.25) is 9.69 Å². The molecule has 0 saturated carbocycles. The van der Waals surface area contributed by atoms with Crippen LogP contribution in [0.2, 0.25) is 5.02 Å². The van der Waals surface area contributed by atoms with E-state index in [2.05, 4.69) is 5.32 Å². The van der Waals surface area contributed by atoms with E-state index in [0.29, 0.717) is 21.6 Å². The molecule has 2 aliphatic rings. The molecule has 152 valence electrons. The summed E-state index contributed by atoms with van der Waals surface area (Å²) in [5, 5.41) is 4.47. The highest BCUT2D eigenvalue weighted by atomic mass is 35.5. The van der Waals surface area contributed by atoms with Crippen LogP contribution in [0.15, 0.2) is 42.5 Å². The van der Waals surface area contributed by atoms with Crippen LogP contribution >= 0.6 is 23.8 Å². The highest BCUT2D eigenvalue weighted by molar-refractivity contribution is 7.80. The SMILES string of the molecule is COc1ccc2c(c1)[C@H]1NC(=S)N(c3ccc(Cl)cc3)[C@@](C)(O2)[C@@H]1C(=O)N(C)C. The number of carbonyl (C=O) groups excluding carboxylic acids is 1. The number of nitrogens with zero attached hydrogens (tertiary/aromatic N) is 2. The van der Waals surface area contributed by atoms with Gasteiger partial charge in [0, 0.05) is 30.4 Å². The monoisotopic (exact) mass is 431 g/mol. The molecule has 4 rings (SSSR count). The average molecular weight is 432 g/mol. The fraction of sp³-hybridized carbons (Fsp3) is 0.333. The van der Waals surface area contributed by atoms with Gasteiger partial charge in [-0.05, 0) is 61.6 Å². The quantitative estimate of drug-likeness (QED) is 0.749. The maximum Gasteiger partial charge on any atom is 0.233 e. The van der Waals surface area contributed by atoms with Crippen LogP contribution in [0.1, 0.15) is 18.5 Å². The molecule has 0 unspecified atom stereocenters. The van der Waals surface area contributed by atoms with Crippen LogP contribution in [0.25, 0.3) is 0 Å². The minimum atomic E-state index is -1.02. The third-order valence-corrected chi connectivity index (χ3v) is 6.05. The Labute approximate surface area is 180 Å². The van der Waals surface area contributed by atoms with Crippen molar-refractivity contribution in [3.8, 4) is 11.5 Å². The van der Waals surface area contributed by atoms with E-state index in [1.165, 1.54) is 0 Å². The van der Waals surface area contributed by atoms with Crippen LogP contribution < -0.4 is 19.7 Å². The van der Waals surface area contributed by atoms with E-state index in [-0.39, 0.29) is 11.9 Å². The molecular weight excluding hydrogens is 410 g/mol. The predicted molar refractivity (Wildman–Crippen MR) is 117 cm³/mol. The summed E-state index contributed by atoms with van der Waals surface area (Å²) in [5.41, 5.74) is 0.616. The first kappa shape index (κ1) is 19.8. The first-order valence-electron chi connectivity index (χ1n) is 9.20. The number of benzene rings is 2. The maximum absolute atomic E-state index is 13.3. The molecule has 6 nitrogen and oxygen atoms in total. The van der Waals surface area contributed by atoms with Gasteiger partial charge in [-0.15, -0.1) is 0 Å².